The average Bonchev–Trinajstić information content (AvgIpc) is 3.31. The van der Waals surface area contributed by atoms with E-state index in [4.69, 9.17) is 11.6 Å². The van der Waals surface area contributed by atoms with Crippen LogP contribution in [-0.4, -0.2) is 40.2 Å². The summed E-state index contributed by atoms with van der Waals surface area (Å²) in [4.78, 5) is 0. The van der Waals surface area contributed by atoms with Crippen LogP contribution in [0.25, 0.3) is 28.1 Å². The van der Waals surface area contributed by atoms with E-state index in [1.807, 2.05) is 16.9 Å². The molecule has 1 fully saturated rings. The zero-order valence-corrected chi connectivity index (χ0v) is 19.0. The van der Waals surface area contributed by atoms with Gasteiger partial charge >= 0.3 is 0 Å². The van der Waals surface area contributed by atoms with Crippen LogP contribution < -0.4 is 4.73 Å². The van der Waals surface area contributed by atoms with E-state index in [2.05, 4.69) is 30.8 Å². The number of hydrogen-bond acceptors (Lipinski definition) is 6. The second kappa shape index (κ2) is 8.58. The summed E-state index contributed by atoms with van der Waals surface area (Å²) in [5.74, 6) is -0.116. The fourth-order valence-corrected chi connectivity index (χ4v) is 4.43. The first-order chi connectivity index (χ1) is 17.1. The van der Waals surface area contributed by atoms with Crippen LogP contribution in [0, 0.1) is 16.9 Å². The number of halogens is 2. The number of aromatic nitrogens is 9. The van der Waals surface area contributed by atoms with Gasteiger partial charge in [-0.1, -0.05) is 24.4 Å². The van der Waals surface area contributed by atoms with Crippen LogP contribution in [0.5, 0.6) is 0 Å². The van der Waals surface area contributed by atoms with E-state index >= 15 is 4.39 Å². The maximum Gasteiger partial charge on any atom is 0.217 e. The molecule has 0 amide bonds. The summed E-state index contributed by atoms with van der Waals surface area (Å²) >= 11 is 6.07. The number of benzene rings is 1. The van der Waals surface area contributed by atoms with Crippen molar-refractivity contribution in [1.29, 1.82) is 0 Å². The molecule has 35 heavy (non-hydrogen) atoms. The van der Waals surface area contributed by atoms with E-state index in [-0.39, 0.29) is 16.6 Å². The van der Waals surface area contributed by atoms with Gasteiger partial charge in [0.05, 0.1) is 33.7 Å². The summed E-state index contributed by atoms with van der Waals surface area (Å²) in [5, 5.41) is 35.8. The van der Waals surface area contributed by atoms with E-state index in [1.54, 1.807) is 30.6 Å². The molecule has 12 heteroatoms. The molecule has 4 heterocycles. The molecule has 0 radical (unpaired) electrons. The molecule has 0 saturated heterocycles. The molecule has 1 aliphatic rings. The molecule has 1 saturated carbocycles. The number of nitrogens with zero attached hydrogens (tertiary/aromatic N) is 8. The molecule has 1 aromatic carbocycles. The number of hydrogen-bond donors (Lipinski definition) is 1. The van der Waals surface area contributed by atoms with Gasteiger partial charge in [0.2, 0.25) is 5.69 Å². The van der Waals surface area contributed by atoms with Gasteiger partial charge in [0.15, 0.2) is 12.0 Å². The second-order valence-corrected chi connectivity index (χ2v) is 8.96. The first-order valence-electron chi connectivity index (χ1n) is 11.1. The Balaban J connectivity index is 1.41. The molecule has 0 spiro atoms. The van der Waals surface area contributed by atoms with Gasteiger partial charge in [0.25, 0.3) is 0 Å². The Bertz CT molecular complexity index is 1480. The quantitative estimate of drug-likeness (QED) is 0.274. The van der Waals surface area contributed by atoms with Crippen molar-refractivity contribution in [2.24, 2.45) is 5.92 Å². The number of tetrazole rings is 1. The monoisotopic (exact) mass is 491 g/mol. The fourth-order valence-electron chi connectivity index (χ4n) is 4.27. The molecule has 5 aromatic rings. The lowest BCUT2D eigenvalue weighted by Gasteiger charge is -2.18. The van der Waals surface area contributed by atoms with Crippen molar-refractivity contribution >= 4 is 11.6 Å². The van der Waals surface area contributed by atoms with Crippen molar-refractivity contribution in [2.75, 3.05) is 0 Å². The molecule has 1 N–H and O–H groups in total. The Labute approximate surface area is 203 Å². The largest absolute Gasteiger partial charge is 0.618 e. The third-order valence-electron chi connectivity index (χ3n) is 6.23. The maximum absolute atomic E-state index is 15.2. The van der Waals surface area contributed by atoms with Crippen molar-refractivity contribution in [3.8, 4) is 28.1 Å². The molecule has 4 aromatic heterocycles. The summed E-state index contributed by atoms with van der Waals surface area (Å²) in [6.45, 7) is 0. The number of rotatable bonds is 7. The third-order valence-corrected chi connectivity index (χ3v) is 6.52. The minimum atomic E-state index is -0.654. The molecule has 176 valence electrons. The van der Waals surface area contributed by atoms with Gasteiger partial charge in [-0.05, 0) is 47.0 Å². The van der Waals surface area contributed by atoms with E-state index in [0.717, 1.165) is 35.3 Å². The lowest BCUT2D eigenvalue weighted by atomic mass is 10.0. The van der Waals surface area contributed by atoms with Crippen molar-refractivity contribution in [2.45, 2.75) is 25.3 Å². The van der Waals surface area contributed by atoms with Gasteiger partial charge in [0.1, 0.15) is 12.4 Å². The van der Waals surface area contributed by atoms with Crippen molar-refractivity contribution < 1.29 is 9.12 Å². The zero-order valence-electron chi connectivity index (χ0n) is 18.3. The first kappa shape index (κ1) is 21.4. The standard InChI is InChI=1S/C23H19ClFN9O/c24-17-4-6-20(33-13-27-30-31-33)22(23(17)25)15-3-5-19(34(35)12-15)21(9-14-1-2-14)32-11-16(10-28-32)18-7-8-26-29-18/h3-8,10-14,21H,1-2,9H2,(H,26,29). The highest BCUT2D eigenvalue weighted by molar-refractivity contribution is 6.31. The second-order valence-electron chi connectivity index (χ2n) is 8.55. The van der Waals surface area contributed by atoms with Crippen LogP contribution in [-0.2, 0) is 0 Å². The van der Waals surface area contributed by atoms with Crippen LogP contribution in [0.2, 0.25) is 5.02 Å². The van der Waals surface area contributed by atoms with E-state index in [1.165, 1.54) is 23.3 Å². The Hall–Kier alpha value is -4.12. The van der Waals surface area contributed by atoms with Gasteiger partial charge in [-0.3, -0.25) is 9.78 Å². The zero-order chi connectivity index (χ0) is 23.9. The van der Waals surface area contributed by atoms with Crippen molar-refractivity contribution in [3.63, 3.8) is 0 Å². The minimum Gasteiger partial charge on any atom is -0.618 e. The molecule has 1 atom stereocenters. The lowest BCUT2D eigenvalue weighted by molar-refractivity contribution is -0.615. The summed E-state index contributed by atoms with van der Waals surface area (Å²) in [5.41, 5.74) is 3.11. The molecule has 6 rings (SSSR count). The van der Waals surface area contributed by atoms with Gasteiger partial charge < -0.3 is 5.21 Å². The maximum atomic E-state index is 15.2. The third kappa shape index (κ3) is 4.03. The number of nitrogens with one attached hydrogen (secondary N) is 1. The molecular weight excluding hydrogens is 473 g/mol. The van der Waals surface area contributed by atoms with Crippen LogP contribution >= 0.6 is 11.6 Å². The summed E-state index contributed by atoms with van der Waals surface area (Å²) < 4.78 is 19.1. The number of aromatic amines is 1. The predicted octanol–water partition coefficient (Wildman–Crippen LogP) is 3.73. The SMILES string of the molecule is [O-][n+]1cc(-c2c(-n3cnnn3)ccc(Cl)c2F)ccc1C(CC1CC1)n1cc(-c2ccn[nH]2)cn1. The molecular formula is C23H19ClFN9O. The van der Waals surface area contributed by atoms with Crippen molar-refractivity contribution in [1.82, 2.24) is 40.2 Å². The Kier molecular flexibility index (Phi) is 5.25. The van der Waals surface area contributed by atoms with Crippen LogP contribution in [0.1, 0.15) is 31.0 Å². The molecule has 1 aliphatic carbocycles. The van der Waals surface area contributed by atoms with Crippen molar-refractivity contribution in [3.05, 3.63) is 83.2 Å². The fraction of sp³-hybridized carbons (Fsp3) is 0.217. The smallest absolute Gasteiger partial charge is 0.217 e. The van der Waals surface area contributed by atoms with Crippen LogP contribution in [0.4, 0.5) is 4.39 Å². The first-order valence-corrected chi connectivity index (χ1v) is 11.4. The summed E-state index contributed by atoms with van der Waals surface area (Å²) in [6.07, 6.45) is 11.1. The van der Waals surface area contributed by atoms with Gasteiger partial charge in [0, 0.05) is 24.0 Å². The molecule has 1 unspecified atom stereocenters. The average molecular weight is 492 g/mol. The summed E-state index contributed by atoms with van der Waals surface area (Å²) in [6, 6.07) is 8.06. The summed E-state index contributed by atoms with van der Waals surface area (Å²) in [7, 11) is 0. The topological polar surface area (TPSA) is 117 Å². The predicted molar refractivity (Wildman–Crippen MR) is 124 cm³/mol. The normalized spacial score (nSPS) is 14.3. The number of pyridine rings is 1. The van der Waals surface area contributed by atoms with Crippen LogP contribution in [0.15, 0.2) is 61.4 Å². The van der Waals surface area contributed by atoms with Gasteiger partial charge in [-0.15, -0.1) is 5.10 Å². The van der Waals surface area contributed by atoms with Gasteiger partial charge in [-0.25, -0.2) is 4.39 Å². The van der Waals surface area contributed by atoms with E-state index in [9.17, 15) is 5.21 Å². The highest BCUT2D eigenvalue weighted by atomic mass is 35.5. The molecule has 0 aliphatic heterocycles. The lowest BCUT2D eigenvalue weighted by Crippen LogP contribution is -2.35. The molecule has 0 bridgehead atoms. The highest BCUT2D eigenvalue weighted by Crippen LogP contribution is 2.39. The minimum absolute atomic E-state index is 0.0622. The van der Waals surface area contributed by atoms with Gasteiger partial charge in [-0.2, -0.15) is 19.6 Å². The highest BCUT2D eigenvalue weighted by Gasteiger charge is 2.32. The van der Waals surface area contributed by atoms with Crippen LogP contribution in [0.3, 0.4) is 0 Å². The Morgan fingerprint density at radius 3 is 2.80 bits per heavy atom. The van der Waals surface area contributed by atoms with E-state index in [0.29, 0.717) is 22.9 Å². The Morgan fingerprint density at radius 1 is 1.20 bits per heavy atom. The Morgan fingerprint density at radius 2 is 2.09 bits per heavy atom. The molecule has 10 nitrogen and oxygen atoms in total. The van der Waals surface area contributed by atoms with E-state index < -0.39 is 5.82 Å². The number of H-pyrrole nitrogens is 1.